The zero-order chi connectivity index (χ0) is 8.08. The van der Waals surface area contributed by atoms with Gasteiger partial charge < -0.3 is 10.2 Å². The predicted octanol–water partition coefficient (Wildman–Crippen LogP) is -0.279. The van der Waals surface area contributed by atoms with Crippen LogP contribution in [0.2, 0.25) is 0 Å². The fourth-order valence-corrected chi connectivity index (χ4v) is 0. The van der Waals surface area contributed by atoms with Crippen LogP contribution >= 0.6 is 0 Å². The molecule has 0 bridgehead atoms. The molecule has 0 spiro atoms. The van der Waals surface area contributed by atoms with Crippen molar-refractivity contribution >= 4 is 5.97 Å². The quantitative estimate of drug-likeness (QED) is 0.528. The molecule has 0 radical (unpaired) electrons. The van der Waals surface area contributed by atoms with Crippen molar-refractivity contribution in [3.8, 4) is 0 Å². The van der Waals surface area contributed by atoms with E-state index in [0.717, 1.165) is 20.4 Å². The maximum absolute atomic E-state index is 9.77. The van der Waals surface area contributed by atoms with Gasteiger partial charge >= 0.3 is 29.7 Å². The van der Waals surface area contributed by atoms with E-state index in [1.807, 2.05) is 0 Å². The Labute approximate surface area is 64.6 Å². The van der Waals surface area contributed by atoms with Crippen molar-refractivity contribution < 1.29 is 38.7 Å². The molecule has 0 saturated carbocycles. The standard InChI is InChI=1S/C4H8O3.O.Ti/c1-4(2,7)3(5)6;;/h7H,1-2H3,(H,5,6);;. The van der Waals surface area contributed by atoms with Crippen LogP contribution in [0.4, 0.5) is 0 Å². The van der Waals surface area contributed by atoms with Gasteiger partial charge in [-0.3, -0.25) is 0 Å². The molecule has 0 amide bonds. The van der Waals surface area contributed by atoms with Crippen LogP contribution in [0.15, 0.2) is 0 Å². The number of carbonyl (C=O) groups is 1. The summed E-state index contributed by atoms with van der Waals surface area (Å²) in [6.07, 6.45) is 0. The van der Waals surface area contributed by atoms with Crippen LogP contribution in [0, 0.1) is 0 Å². The van der Waals surface area contributed by atoms with Gasteiger partial charge in [-0.1, -0.05) is 0 Å². The first-order chi connectivity index (χ1) is 3.94. The third-order valence-corrected chi connectivity index (χ3v) is 0.523. The average molecular weight is 168 g/mol. The van der Waals surface area contributed by atoms with Crippen molar-refractivity contribution in [1.29, 1.82) is 0 Å². The van der Waals surface area contributed by atoms with Crippen LogP contribution in [0.5, 0.6) is 0 Å². The number of rotatable bonds is 1. The first-order valence-electron chi connectivity index (χ1n) is 2.11. The predicted molar refractivity (Wildman–Crippen MR) is 24.6 cm³/mol. The zero-order valence-electron chi connectivity index (χ0n) is 5.21. The fourth-order valence-electron chi connectivity index (χ4n) is 0. The molecule has 9 heavy (non-hydrogen) atoms. The first kappa shape index (κ1) is 11.7. The molecule has 0 aliphatic rings. The molecule has 0 aliphatic carbocycles. The molecule has 2 N–H and O–H groups in total. The molecule has 0 aliphatic heterocycles. The molecule has 0 unspecified atom stereocenters. The van der Waals surface area contributed by atoms with Crippen LogP contribution in [-0.2, 0) is 28.5 Å². The minimum atomic E-state index is -1.58. The molecule has 5 heteroatoms. The number of aliphatic hydroxyl groups is 1. The molecule has 0 aromatic heterocycles. The van der Waals surface area contributed by atoms with E-state index in [9.17, 15) is 4.79 Å². The number of hydrogen-bond donors (Lipinski definition) is 2. The summed E-state index contributed by atoms with van der Waals surface area (Å²) in [6.45, 7) is 2.44. The van der Waals surface area contributed by atoms with Gasteiger partial charge in [0.25, 0.3) is 0 Å². The van der Waals surface area contributed by atoms with Gasteiger partial charge in [0, 0.05) is 0 Å². The fraction of sp³-hybridized carbons (Fsp3) is 0.750. The summed E-state index contributed by atoms with van der Waals surface area (Å²) in [5.74, 6) is -1.20. The summed E-state index contributed by atoms with van der Waals surface area (Å²) >= 11 is 0.750. The third-order valence-electron chi connectivity index (χ3n) is 0.523. The summed E-state index contributed by atoms with van der Waals surface area (Å²) in [4.78, 5) is 9.77. The van der Waals surface area contributed by atoms with Crippen LogP contribution in [-0.4, -0.2) is 21.8 Å². The SMILES string of the molecule is CC(C)(O)C(=O)O.[O]=[Ti]. The van der Waals surface area contributed by atoms with E-state index in [0.29, 0.717) is 0 Å². The Morgan fingerprint density at radius 1 is 1.44 bits per heavy atom. The van der Waals surface area contributed by atoms with E-state index in [1.165, 1.54) is 13.8 Å². The van der Waals surface area contributed by atoms with Gasteiger partial charge in [-0.2, -0.15) is 0 Å². The first-order valence-corrected chi connectivity index (χ1v) is 2.74. The Balaban J connectivity index is 0. The molecular weight excluding hydrogens is 160 g/mol. The van der Waals surface area contributed by atoms with Gasteiger partial charge in [0.1, 0.15) is 0 Å². The molecule has 0 heterocycles. The van der Waals surface area contributed by atoms with Gasteiger partial charge in [0.15, 0.2) is 5.60 Å². The summed E-state index contributed by atoms with van der Waals surface area (Å²) < 4.78 is 8.25. The van der Waals surface area contributed by atoms with Gasteiger partial charge in [-0.25, -0.2) is 4.79 Å². The zero-order valence-corrected chi connectivity index (χ0v) is 6.77. The van der Waals surface area contributed by atoms with E-state index in [1.54, 1.807) is 0 Å². The molecule has 52 valence electrons. The molecule has 0 atom stereocenters. The summed E-state index contributed by atoms with van der Waals surface area (Å²) in [7, 11) is 0. The second-order valence-corrected chi connectivity index (χ2v) is 1.86. The molecule has 0 fully saturated rings. The van der Waals surface area contributed by atoms with Crippen molar-refractivity contribution in [2.45, 2.75) is 19.4 Å². The van der Waals surface area contributed by atoms with Crippen molar-refractivity contribution in [2.75, 3.05) is 0 Å². The van der Waals surface area contributed by atoms with E-state index < -0.39 is 11.6 Å². The Hall–Kier alpha value is -0.0557. The molecule has 0 aromatic carbocycles. The average Bonchev–Trinajstić information content (AvgIpc) is 1.69. The van der Waals surface area contributed by atoms with Crippen molar-refractivity contribution in [1.82, 2.24) is 0 Å². The van der Waals surface area contributed by atoms with Crippen LogP contribution in [0.1, 0.15) is 13.8 Å². The van der Waals surface area contributed by atoms with Gasteiger partial charge in [0.2, 0.25) is 0 Å². The molecule has 4 nitrogen and oxygen atoms in total. The molecular formula is C4H8O4Ti. The monoisotopic (exact) mass is 168 g/mol. The van der Waals surface area contributed by atoms with E-state index in [4.69, 9.17) is 13.5 Å². The van der Waals surface area contributed by atoms with Crippen molar-refractivity contribution in [3.63, 3.8) is 0 Å². The minimum absolute atomic E-state index is 0.750. The van der Waals surface area contributed by atoms with E-state index >= 15 is 0 Å². The Morgan fingerprint density at radius 2 is 1.56 bits per heavy atom. The Bertz CT molecular complexity index is 95.2. The number of carboxylic acids is 1. The molecule has 0 aromatic rings. The van der Waals surface area contributed by atoms with Crippen LogP contribution in [0.25, 0.3) is 0 Å². The summed E-state index contributed by atoms with van der Waals surface area (Å²) in [6, 6.07) is 0. The van der Waals surface area contributed by atoms with Gasteiger partial charge in [0.05, 0.1) is 0 Å². The van der Waals surface area contributed by atoms with E-state index in [-0.39, 0.29) is 0 Å². The number of hydrogen-bond acceptors (Lipinski definition) is 3. The van der Waals surface area contributed by atoms with Crippen molar-refractivity contribution in [3.05, 3.63) is 0 Å². The normalized spacial score (nSPS) is 9.11. The Kier molecular flexibility index (Phi) is 6.23. The maximum atomic E-state index is 9.77. The number of aliphatic carboxylic acids is 1. The van der Waals surface area contributed by atoms with Crippen molar-refractivity contribution in [2.24, 2.45) is 0 Å². The number of carboxylic acid groups (broad SMARTS) is 1. The molecule has 0 rings (SSSR count). The van der Waals surface area contributed by atoms with Crippen LogP contribution in [0.3, 0.4) is 0 Å². The topological polar surface area (TPSA) is 74.6 Å². The summed E-state index contributed by atoms with van der Waals surface area (Å²) in [5, 5.41) is 16.5. The van der Waals surface area contributed by atoms with E-state index in [2.05, 4.69) is 0 Å². The second-order valence-electron chi connectivity index (χ2n) is 1.86. The second kappa shape index (κ2) is 4.79. The Morgan fingerprint density at radius 3 is 1.56 bits per heavy atom. The summed E-state index contributed by atoms with van der Waals surface area (Å²) in [5.41, 5.74) is -1.58. The van der Waals surface area contributed by atoms with Gasteiger partial charge in [-0.15, -0.1) is 0 Å². The van der Waals surface area contributed by atoms with Gasteiger partial charge in [-0.05, 0) is 13.8 Å². The van der Waals surface area contributed by atoms with Crippen LogP contribution < -0.4 is 0 Å². The molecule has 0 saturated heterocycles. The third kappa shape index (κ3) is 7.94.